The van der Waals surface area contributed by atoms with E-state index >= 15 is 0 Å². The van der Waals surface area contributed by atoms with Gasteiger partial charge in [-0.3, -0.25) is 4.90 Å². The van der Waals surface area contributed by atoms with Gasteiger partial charge in [-0.15, -0.1) is 0 Å². The van der Waals surface area contributed by atoms with Gasteiger partial charge >= 0.3 is 0 Å². The zero-order valence-corrected chi connectivity index (χ0v) is 18.2. The Hall–Kier alpha value is -0.460. The molecule has 1 aliphatic rings. The van der Waals surface area contributed by atoms with Crippen LogP contribution in [-0.2, 0) is 0 Å². The van der Waals surface area contributed by atoms with E-state index in [0.717, 1.165) is 25.9 Å². The van der Waals surface area contributed by atoms with Crippen LogP contribution in [-0.4, -0.2) is 69.4 Å². The SMILES string of the molecule is CCCCCCCCN(CCCCCCCC)[C@H]1C=C(CO)[C@@H](O)[C@H](O)[C@H]1O. The molecule has 5 heteroatoms. The predicted octanol–water partition coefficient (Wildman–Crippen LogP) is 3.39. The number of hydrogen-bond donors (Lipinski definition) is 4. The van der Waals surface area contributed by atoms with E-state index in [4.69, 9.17) is 0 Å². The van der Waals surface area contributed by atoms with Crippen LogP contribution in [0.25, 0.3) is 0 Å². The molecule has 0 radical (unpaired) electrons. The molecule has 5 nitrogen and oxygen atoms in total. The molecule has 0 bridgehead atoms. The Kier molecular flexibility index (Phi) is 14.1. The number of hydrogen-bond acceptors (Lipinski definition) is 5. The normalized spacial score (nSPS) is 25.3. The summed E-state index contributed by atoms with van der Waals surface area (Å²) < 4.78 is 0. The largest absolute Gasteiger partial charge is 0.392 e. The molecule has 0 fully saturated rings. The molecule has 1 aliphatic carbocycles. The fourth-order valence-corrected chi connectivity index (χ4v) is 4.09. The average molecular weight is 400 g/mol. The van der Waals surface area contributed by atoms with Crippen molar-refractivity contribution in [3.8, 4) is 0 Å². The number of aliphatic hydroxyl groups excluding tert-OH is 4. The Morgan fingerprint density at radius 2 is 1.18 bits per heavy atom. The second-order valence-corrected chi connectivity index (χ2v) is 8.39. The third-order valence-corrected chi connectivity index (χ3v) is 5.99. The molecule has 0 unspecified atom stereocenters. The van der Waals surface area contributed by atoms with Crippen LogP contribution < -0.4 is 0 Å². The van der Waals surface area contributed by atoms with Crippen LogP contribution >= 0.6 is 0 Å². The number of aliphatic hydroxyl groups is 4. The minimum Gasteiger partial charge on any atom is -0.392 e. The topological polar surface area (TPSA) is 84.2 Å². The lowest BCUT2D eigenvalue weighted by atomic mass is 9.87. The highest BCUT2D eigenvalue weighted by atomic mass is 16.4. The molecule has 0 saturated carbocycles. The van der Waals surface area contributed by atoms with Gasteiger partial charge in [0, 0.05) is 0 Å². The highest BCUT2D eigenvalue weighted by Crippen LogP contribution is 2.25. The van der Waals surface area contributed by atoms with E-state index in [1.807, 2.05) is 0 Å². The molecular weight excluding hydrogens is 354 g/mol. The minimum atomic E-state index is -1.24. The summed E-state index contributed by atoms with van der Waals surface area (Å²) in [4.78, 5) is 2.25. The Bertz CT molecular complexity index is 399. The van der Waals surface area contributed by atoms with Gasteiger partial charge < -0.3 is 20.4 Å². The maximum Gasteiger partial charge on any atom is 0.111 e. The average Bonchev–Trinajstić information content (AvgIpc) is 2.70. The van der Waals surface area contributed by atoms with Crippen LogP contribution in [0.4, 0.5) is 0 Å². The highest BCUT2D eigenvalue weighted by Gasteiger charge is 2.39. The zero-order chi connectivity index (χ0) is 20.8. The predicted molar refractivity (Wildman–Crippen MR) is 115 cm³/mol. The first-order valence-electron chi connectivity index (χ1n) is 11.7. The fraction of sp³-hybridized carbons (Fsp3) is 0.913. The Labute approximate surface area is 172 Å². The molecule has 0 spiro atoms. The van der Waals surface area contributed by atoms with Crippen molar-refractivity contribution in [2.75, 3.05) is 19.7 Å². The number of unbranched alkanes of at least 4 members (excludes halogenated alkanes) is 10. The van der Waals surface area contributed by atoms with E-state index in [1.165, 1.54) is 64.2 Å². The maximum absolute atomic E-state index is 10.6. The Morgan fingerprint density at radius 3 is 1.64 bits per heavy atom. The van der Waals surface area contributed by atoms with E-state index in [9.17, 15) is 20.4 Å². The van der Waals surface area contributed by atoms with Gasteiger partial charge in [0.2, 0.25) is 0 Å². The number of rotatable bonds is 16. The molecule has 1 rings (SSSR count). The third kappa shape index (κ3) is 8.91. The van der Waals surface area contributed by atoms with Crippen LogP contribution in [0.2, 0.25) is 0 Å². The summed E-state index contributed by atoms with van der Waals surface area (Å²) in [6.07, 6.45) is 12.9. The summed E-state index contributed by atoms with van der Waals surface area (Å²) in [5, 5.41) is 40.3. The van der Waals surface area contributed by atoms with Crippen molar-refractivity contribution < 1.29 is 20.4 Å². The molecule has 4 N–H and O–H groups in total. The first-order chi connectivity index (χ1) is 13.6. The van der Waals surface area contributed by atoms with Crippen LogP contribution in [0.5, 0.6) is 0 Å². The monoisotopic (exact) mass is 399 g/mol. The lowest BCUT2D eigenvalue weighted by Gasteiger charge is -2.40. The van der Waals surface area contributed by atoms with Gasteiger partial charge in [0.1, 0.15) is 18.3 Å². The van der Waals surface area contributed by atoms with Crippen LogP contribution in [0.3, 0.4) is 0 Å². The molecule has 28 heavy (non-hydrogen) atoms. The van der Waals surface area contributed by atoms with E-state index in [2.05, 4.69) is 18.7 Å². The fourth-order valence-electron chi connectivity index (χ4n) is 4.09. The third-order valence-electron chi connectivity index (χ3n) is 5.99. The van der Waals surface area contributed by atoms with E-state index < -0.39 is 18.3 Å². The van der Waals surface area contributed by atoms with Gasteiger partial charge in [0.05, 0.1) is 12.6 Å². The molecule has 0 amide bonds. The van der Waals surface area contributed by atoms with Gasteiger partial charge in [-0.1, -0.05) is 84.1 Å². The minimum absolute atomic E-state index is 0.288. The second-order valence-electron chi connectivity index (χ2n) is 8.39. The Morgan fingerprint density at radius 1 is 0.714 bits per heavy atom. The molecular formula is C23H45NO4. The van der Waals surface area contributed by atoms with Crippen molar-refractivity contribution in [1.82, 2.24) is 4.90 Å². The van der Waals surface area contributed by atoms with Crippen molar-refractivity contribution in [3.63, 3.8) is 0 Å². The van der Waals surface area contributed by atoms with Crippen LogP contribution in [0, 0.1) is 0 Å². The molecule has 4 atom stereocenters. The van der Waals surface area contributed by atoms with E-state index in [-0.39, 0.29) is 12.6 Å². The summed E-state index contributed by atoms with van der Waals surface area (Å²) in [7, 11) is 0. The van der Waals surface area contributed by atoms with Crippen molar-refractivity contribution >= 4 is 0 Å². The first-order valence-corrected chi connectivity index (χ1v) is 11.7. The van der Waals surface area contributed by atoms with Crippen LogP contribution in [0.1, 0.15) is 90.9 Å². The lowest BCUT2D eigenvalue weighted by Crippen LogP contribution is -2.55. The standard InChI is InChI=1S/C23H45NO4/c1-3-5-7-9-11-13-15-24(16-14-12-10-8-6-4-2)20-17-19(18-25)21(26)23(28)22(20)27/h17,20-23,25-28H,3-16,18H2,1-2H3/t20-,21+,22-,23-/m0/s1. The van der Waals surface area contributed by atoms with Crippen molar-refractivity contribution in [1.29, 1.82) is 0 Å². The van der Waals surface area contributed by atoms with Gasteiger partial charge in [-0.05, 0) is 31.5 Å². The lowest BCUT2D eigenvalue weighted by molar-refractivity contribution is -0.0831. The van der Waals surface area contributed by atoms with E-state index in [1.54, 1.807) is 6.08 Å². The van der Waals surface area contributed by atoms with Crippen molar-refractivity contribution in [2.24, 2.45) is 0 Å². The molecule has 0 saturated heterocycles. The summed E-state index contributed by atoms with van der Waals surface area (Å²) in [6.45, 7) is 5.90. The van der Waals surface area contributed by atoms with Gasteiger partial charge in [0.25, 0.3) is 0 Å². The summed E-state index contributed by atoms with van der Waals surface area (Å²) in [5.74, 6) is 0. The highest BCUT2D eigenvalue weighted by molar-refractivity contribution is 5.22. The van der Waals surface area contributed by atoms with E-state index in [0.29, 0.717) is 5.57 Å². The quantitative estimate of drug-likeness (QED) is 0.236. The molecule has 166 valence electrons. The molecule has 0 aromatic heterocycles. The first kappa shape index (κ1) is 25.6. The molecule has 0 aromatic rings. The van der Waals surface area contributed by atoms with Crippen molar-refractivity contribution in [3.05, 3.63) is 11.6 Å². The molecule has 0 aromatic carbocycles. The summed E-state index contributed by atoms with van der Waals surface area (Å²) >= 11 is 0. The molecule has 0 heterocycles. The van der Waals surface area contributed by atoms with Crippen LogP contribution in [0.15, 0.2) is 11.6 Å². The van der Waals surface area contributed by atoms with Crippen molar-refractivity contribution in [2.45, 2.75) is 115 Å². The number of nitrogens with zero attached hydrogens (tertiary/aromatic N) is 1. The van der Waals surface area contributed by atoms with Gasteiger partial charge in [-0.2, -0.15) is 0 Å². The maximum atomic E-state index is 10.6. The second kappa shape index (κ2) is 15.4. The summed E-state index contributed by atoms with van der Waals surface area (Å²) in [6, 6.07) is -0.341. The molecule has 0 aliphatic heterocycles. The van der Waals surface area contributed by atoms with Gasteiger partial charge in [0.15, 0.2) is 0 Å². The zero-order valence-electron chi connectivity index (χ0n) is 18.2. The smallest absolute Gasteiger partial charge is 0.111 e. The summed E-state index contributed by atoms with van der Waals surface area (Å²) in [5.41, 5.74) is 0.415. The Balaban J connectivity index is 2.62. The van der Waals surface area contributed by atoms with Gasteiger partial charge in [-0.25, -0.2) is 0 Å².